The highest BCUT2D eigenvalue weighted by Gasteiger charge is 2.10. The summed E-state index contributed by atoms with van der Waals surface area (Å²) in [4.78, 5) is 21.8. The number of nitrogens with zero attached hydrogens (tertiary/aromatic N) is 2. The number of benzene rings is 1. The highest BCUT2D eigenvalue weighted by Crippen LogP contribution is 2.23. The first kappa shape index (κ1) is 14.3. The molecule has 0 spiro atoms. The highest BCUT2D eigenvalue weighted by atomic mass is 32.1. The lowest BCUT2D eigenvalue weighted by atomic mass is 10.2. The van der Waals surface area contributed by atoms with E-state index in [4.69, 9.17) is 4.74 Å². The van der Waals surface area contributed by atoms with Crippen LogP contribution in [0.1, 0.15) is 11.3 Å². The Labute approximate surface area is 119 Å². The van der Waals surface area contributed by atoms with Crippen molar-refractivity contribution in [3.8, 4) is 5.75 Å². The largest absolute Gasteiger partial charge is 0.491 e. The lowest BCUT2D eigenvalue weighted by molar-refractivity contribution is -0.384. The van der Waals surface area contributed by atoms with E-state index in [1.54, 1.807) is 16.0 Å². The molecule has 7 heteroatoms. The van der Waals surface area contributed by atoms with Gasteiger partial charge < -0.3 is 4.74 Å². The Bertz CT molecular complexity index is 690. The Balaban J connectivity index is 2.06. The van der Waals surface area contributed by atoms with Gasteiger partial charge in [0.1, 0.15) is 12.4 Å². The SMILES string of the molecule is Cc1ccc([N+](=O)[O-])cc1OCCn1c(C)csc1=O. The molecule has 0 aliphatic heterocycles. The predicted molar refractivity (Wildman–Crippen MR) is 76.6 cm³/mol. The highest BCUT2D eigenvalue weighted by molar-refractivity contribution is 7.07. The summed E-state index contributed by atoms with van der Waals surface area (Å²) in [5, 5.41) is 12.5. The summed E-state index contributed by atoms with van der Waals surface area (Å²) in [5.74, 6) is 0.472. The van der Waals surface area contributed by atoms with Crippen molar-refractivity contribution < 1.29 is 9.66 Å². The molecule has 0 N–H and O–H groups in total. The number of nitro groups is 1. The van der Waals surface area contributed by atoms with Crippen molar-refractivity contribution in [2.45, 2.75) is 20.4 Å². The van der Waals surface area contributed by atoms with Crippen molar-refractivity contribution >= 4 is 17.0 Å². The van der Waals surface area contributed by atoms with Crippen LogP contribution in [0.25, 0.3) is 0 Å². The van der Waals surface area contributed by atoms with Gasteiger partial charge in [-0.2, -0.15) is 0 Å². The van der Waals surface area contributed by atoms with E-state index < -0.39 is 4.92 Å². The summed E-state index contributed by atoms with van der Waals surface area (Å²) in [6.45, 7) is 4.40. The molecule has 0 fully saturated rings. The van der Waals surface area contributed by atoms with Crippen molar-refractivity contribution in [2.24, 2.45) is 0 Å². The summed E-state index contributed by atoms with van der Waals surface area (Å²) < 4.78 is 7.17. The summed E-state index contributed by atoms with van der Waals surface area (Å²) in [6.07, 6.45) is 0. The molecule has 0 radical (unpaired) electrons. The van der Waals surface area contributed by atoms with Crippen LogP contribution in [0.4, 0.5) is 5.69 Å². The zero-order valence-electron chi connectivity index (χ0n) is 11.2. The van der Waals surface area contributed by atoms with Crippen LogP contribution >= 0.6 is 11.3 Å². The Morgan fingerprint density at radius 3 is 2.75 bits per heavy atom. The van der Waals surface area contributed by atoms with Gasteiger partial charge in [-0.25, -0.2) is 0 Å². The lowest BCUT2D eigenvalue weighted by Gasteiger charge is -2.09. The molecular weight excluding hydrogens is 280 g/mol. The van der Waals surface area contributed by atoms with Crippen LogP contribution in [0.2, 0.25) is 0 Å². The Morgan fingerprint density at radius 1 is 1.40 bits per heavy atom. The normalized spacial score (nSPS) is 10.5. The first-order valence-corrected chi connectivity index (χ1v) is 6.90. The van der Waals surface area contributed by atoms with Gasteiger partial charge in [0, 0.05) is 17.1 Å². The van der Waals surface area contributed by atoms with E-state index in [1.165, 1.54) is 12.1 Å². The molecule has 6 nitrogen and oxygen atoms in total. The van der Waals surface area contributed by atoms with Crippen molar-refractivity contribution in [1.82, 2.24) is 4.57 Å². The minimum Gasteiger partial charge on any atom is -0.491 e. The molecule has 0 aliphatic carbocycles. The van der Waals surface area contributed by atoms with E-state index in [0.29, 0.717) is 18.9 Å². The summed E-state index contributed by atoms with van der Waals surface area (Å²) in [6, 6.07) is 4.49. The van der Waals surface area contributed by atoms with E-state index in [0.717, 1.165) is 22.6 Å². The van der Waals surface area contributed by atoms with Gasteiger partial charge in [0.2, 0.25) is 0 Å². The molecule has 0 saturated heterocycles. The van der Waals surface area contributed by atoms with Crippen LogP contribution in [0, 0.1) is 24.0 Å². The number of rotatable bonds is 5. The summed E-state index contributed by atoms with van der Waals surface area (Å²) in [5.41, 5.74) is 1.71. The topological polar surface area (TPSA) is 74.4 Å². The van der Waals surface area contributed by atoms with Crippen molar-refractivity contribution in [3.63, 3.8) is 0 Å². The number of aryl methyl sites for hydroxylation is 2. The first-order valence-electron chi connectivity index (χ1n) is 6.02. The monoisotopic (exact) mass is 294 g/mol. The predicted octanol–water partition coefficient (Wildman–Crippen LogP) is 2.51. The molecule has 0 unspecified atom stereocenters. The molecule has 0 bridgehead atoms. The van der Waals surface area contributed by atoms with Crippen LogP contribution in [0.15, 0.2) is 28.4 Å². The van der Waals surface area contributed by atoms with Gasteiger partial charge in [-0.3, -0.25) is 19.5 Å². The Hall–Kier alpha value is -2.15. The number of hydrogen-bond donors (Lipinski definition) is 0. The molecule has 0 amide bonds. The number of aromatic nitrogens is 1. The third kappa shape index (κ3) is 3.05. The average molecular weight is 294 g/mol. The van der Waals surface area contributed by atoms with Gasteiger partial charge in [-0.05, 0) is 25.5 Å². The smallest absolute Gasteiger partial charge is 0.307 e. The maximum Gasteiger partial charge on any atom is 0.307 e. The third-order valence-electron chi connectivity index (χ3n) is 2.93. The number of nitro benzene ring substituents is 1. The molecule has 2 aromatic rings. The maximum atomic E-state index is 11.5. The lowest BCUT2D eigenvalue weighted by Crippen LogP contribution is -2.19. The van der Waals surface area contributed by atoms with Crippen LogP contribution in [0.5, 0.6) is 5.75 Å². The Morgan fingerprint density at radius 2 is 2.15 bits per heavy atom. The standard InChI is InChI=1S/C13H14N2O4S/c1-9-3-4-11(15(17)18)7-12(9)19-6-5-14-10(2)8-20-13(14)16/h3-4,7-8H,5-6H2,1-2H3. The number of non-ortho nitro benzene ring substituents is 1. The first-order chi connectivity index (χ1) is 9.49. The molecular formula is C13H14N2O4S. The molecule has 0 aliphatic rings. The molecule has 0 saturated carbocycles. The van der Waals surface area contributed by atoms with Crippen LogP contribution in [-0.2, 0) is 6.54 Å². The van der Waals surface area contributed by atoms with E-state index in [-0.39, 0.29) is 10.6 Å². The van der Waals surface area contributed by atoms with Crippen LogP contribution in [-0.4, -0.2) is 16.1 Å². The second-order valence-electron chi connectivity index (χ2n) is 4.35. The second-order valence-corrected chi connectivity index (χ2v) is 5.17. The summed E-state index contributed by atoms with van der Waals surface area (Å²) >= 11 is 1.15. The second kappa shape index (κ2) is 5.87. The molecule has 2 rings (SSSR count). The van der Waals surface area contributed by atoms with Gasteiger partial charge in [-0.1, -0.05) is 11.3 Å². The van der Waals surface area contributed by atoms with E-state index in [2.05, 4.69) is 0 Å². The fraction of sp³-hybridized carbons (Fsp3) is 0.308. The van der Waals surface area contributed by atoms with Crippen molar-refractivity contribution in [1.29, 1.82) is 0 Å². The maximum absolute atomic E-state index is 11.5. The fourth-order valence-electron chi connectivity index (χ4n) is 1.78. The molecule has 0 atom stereocenters. The number of hydrogen-bond acceptors (Lipinski definition) is 5. The zero-order valence-corrected chi connectivity index (χ0v) is 12.0. The summed E-state index contributed by atoms with van der Waals surface area (Å²) in [7, 11) is 0. The van der Waals surface area contributed by atoms with Gasteiger partial charge in [0.25, 0.3) is 5.69 Å². The minimum atomic E-state index is -0.459. The number of ether oxygens (including phenoxy) is 1. The minimum absolute atomic E-state index is 0.00511. The van der Waals surface area contributed by atoms with Crippen molar-refractivity contribution in [3.05, 3.63) is 54.6 Å². The average Bonchev–Trinajstić information content (AvgIpc) is 2.72. The molecule has 1 aromatic heterocycles. The fourth-order valence-corrected chi connectivity index (χ4v) is 2.54. The van der Waals surface area contributed by atoms with E-state index in [1.807, 2.05) is 13.8 Å². The number of thiazole rings is 1. The van der Waals surface area contributed by atoms with Gasteiger partial charge in [0.15, 0.2) is 0 Å². The van der Waals surface area contributed by atoms with E-state index in [9.17, 15) is 14.9 Å². The Kier molecular flexibility index (Phi) is 4.19. The molecule has 1 heterocycles. The molecule has 1 aromatic carbocycles. The molecule has 20 heavy (non-hydrogen) atoms. The van der Waals surface area contributed by atoms with Crippen LogP contribution < -0.4 is 9.61 Å². The molecule has 106 valence electrons. The zero-order chi connectivity index (χ0) is 14.7. The third-order valence-corrected chi connectivity index (χ3v) is 3.81. The van der Waals surface area contributed by atoms with E-state index >= 15 is 0 Å². The van der Waals surface area contributed by atoms with Gasteiger partial charge >= 0.3 is 4.87 Å². The quantitative estimate of drug-likeness (QED) is 0.627. The van der Waals surface area contributed by atoms with Crippen LogP contribution in [0.3, 0.4) is 0 Å². The van der Waals surface area contributed by atoms with Gasteiger partial charge in [-0.15, -0.1) is 0 Å². The van der Waals surface area contributed by atoms with Gasteiger partial charge in [0.05, 0.1) is 17.5 Å². The van der Waals surface area contributed by atoms with Crippen molar-refractivity contribution in [2.75, 3.05) is 6.61 Å².